The van der Waals surface area contributed by atoms with Gasteiger partial charge in [-0.05, 0) is 42.7 Å². The molecule has 0 bridgehead atoms. The van der Waals surface area contributed by atoms with E-state index in [1.54, 1.807) is 7.11 Å². The predicted octanol–water partition coefficient (Wildman–Crippen LogP) is 3.72. The summed E-state index contributed by atoms with van der Waals surface area (Å²) in [7, 11) is 1.66. The van der Waals surface area contributed by atoms with Gasteiger partial charge in [-0.2, -0.15) is 0 Å². The number of hydrogen-bond acceptors (Lipinski definition) is 3. The highest BCUT2D eigenvalue weighted by Gasteiger charge is 2.17. The first kappa shape index (κ1) is 15.4. The van der Waals surface area contributed by atoms with Crippen LogP contribution in [0.25, 0.3) is 0 Å². The van der Waals surface area contributed by atoms with Crippen molar-refractivity contribution in [1.82, 2.24) is 0 Å². The lowest BCUT2D eigenvalue weighted by Gasteiger charge is -2.23. The van der Waals surface area contributed by atoms with E-state index in [1.165, 1.54) is 5.56 Å². The first-order valence-electron chi connectivity index (χ1n) is 7.29. The molecule has 0 heterocycles. The molecular formula is C18H23NO2. The molecule has 2 unspecified atom stereocenters. The zero-order valence-electron chi connectivity index (χ0n) is 12.9. The molecule has 0 aliphatic rings. The molecular weight excluding hydrogens is 262 g/mol. The number of benzene rings is 2. The highest BCUT2D eigenvalue weighted by molar-refractivity contribution is 5.34. The molecule has 2 rings (SSSR count). The second-order valence-electron chi connectivity index (χ2n) is 5.08. The monoisotopic (exact) mass is 285 g/mol. The number of hydrogen-bond donors (Lipinski definition) is 1. The quantitative estimate of drug-likeness (QED) is 0.879. The fourth-order valence-corrected chi connectivity index (χ4v) is 2.28. The van der Waals surface area contributed by atoms with Crippen LogP contribution in [0.5, 0.6) is 11.5 Å². The molecule has 2 N–H and O–H groups in total. The molecule has 0 spiro atoms. The Morgan fingerprint density at radius 1 is 1.05 bits per heavy atom. The fraction of sp³-hybridized carbons (Fsp3) is 0.333. The summed E-state index contributed by atoms with van der Waals surface area (Å²) in [6, 6.07) is 15.7. The van der Waals surface area contributed by atoms with Gasteiger partial charge < -0.3 is 15.2 Å². The van der Waals surface area contributed by atoms with Gasteiger partial charge in [-0.15, -0.1) is 0 Å². The fourth-order valence-electron chi connectivity index (χ4n) is 2.28. The normalized spacial score (nSPS) is 13.5. The van der Waals surface area contributed by atoms with Gasteiger partial charge in [0, 0.05) is 0 Å². The first-order chi connectivity index (χ1) is 10.2. The van der Waals surface area contributed by atoms with Gasteiger partial charge in [0.1, 0.15) is 17.6 Å². The predicted molar refractivity (Wildman–Crippen MR) is 85.8 cm³/mol. The average molecular weight is 285 g/mol. The molecule has 0 aliphatic carbocycles. The second-order valence-corrected chi connectivity index (χ2v) is 5.08. The maximum atomic E-state index is 6.30. The summed E-state index contributed by atoms with van der Waals surface area (Å²) >= 11 is 0. The Bertz CT molecular complexity index is 566. The van der Waals surface area contributed by atoms with Gasteiger partial charge in [-0.25, -0.2) is 0 Å². The number of para-hydroxylation sites is 1. The molecule has 21 heavy (non-hydrogen) atoms. The van der Waals surface area contributed by atoms with Crippen LogP contribution in [-0.2, 0) is 6.42 Å². The van der Waals surface area contributed by atoms with Crippen LogP contribution in [0.15, 0.2) is 48.5 Å². The van der Waals surface area contributed by atoms with E-state index in [4.69, 9.17) is 15.2 Å². The summed E-state index contributed by atoms with van der Waals surface area (Å²) in [6.07, 6.45) is 0.840. The molecule has 0 radical (unpaired) electrons. The third kappa shape index (κ3) is 3.76. The van der Waals surface area contributed by atoms with E-state index in [0.717, 1.165) is 23.5 Å². The van der Waals surface area contributed by atoms with Crippen molar-refractivity contribution >= 4 is 0 Å². The zero-order chi connectivity index (χ0) is 15.2. The SMILES string of the molecule is CCc1ccccc1OC(C)C(N)c1ccc(OC)cc1. The Balaban J connectivity index is 2.09. The van der Waals surface area contributed by atoms with Crippen molar-refractivity contribution in [3.63, 3.8) is 0 Å². The number of rotatable bonds is 6. The smallest absolute Gasteiger partial charge is 0.122 e. The van der Waals surface area contributed by atoms with Crippen molar-refractivity contribution in [1.29, 1.82) is 0 Å². The standard InChI is InChI=1S/C18H23NO2/c1-4-14-7-5-6-8-17(14)21-13(2)18(19)15-9-11-16(20-3)12-10-15/h5-13,18H,4,19H2,1-3H3. The van der Waals surface area contributed by atoms with Gasteiger partial charge in [-0.3, -0.25) is 0 Å². The van der Waals surface area contributed by atoms with Crippen LogP contribution >= 0.6 is 0 Å². The van der Waals surface area contributed by atoms with Gasteiger partial charge in [0.05, 0.1) is 13.2 Å². The Morgan fingerprint density at radius 3 is 2.33 bits per heavy atom. The van der Waals surface area contributed by atoms with E-state index in [2.05, 4.69) is 13.0 Å². The Morgan fingerprint density at radius 2 is 1.71 bits per heavy atom. The van der Waals surface area contributed by atoms with Crippen molar-refractivity contribution in [2.45, 2.75) is 32.4 Å². The number of nitrogens with two attached hydrogens (primary N) is 1. The lowest BCUT2D eigenvalue weighted by atomic mass is 10.0. The number of ether oxygens (including phenoxy) is 2. The summed E-state index contributed by atoms with van der Waals surface area (Å²) in [5.74, 6) is 1.74. The van der Waals surface area contributed by atoms with Gasteiger partial charge in [0.15, 0.2) is 0 Å². The van der Waals surface area contributed by atoms with Crippen LogP contribution in [0.4, 0.5) is 0 Å². The minimum absolute atomic E-state index is 0.105. The van der Waals surface area contributed by atoms with Crippen molar-refractivity contribution in [2.24, 2.45) is 5.73 Å². The van der Waals surface area contributed by atoms with E-state index in [0.29, 0.717) is 0 Å². The summed E-state index contributed by atoms with van der Waals surface area (Å²) in [5.41, 5.74) is 8.54. The molecule has 0 aromatic heterocycles. The van der Waals surface area contributed by atoms with Crippen LogP contribution in [0, 0.1) is 0 Å². The highest BCUT2D eigenvalue weighted by Crippen LogP contribution is 2.25. The lowest BCUT2D eigenvalue weighted by Crippen LogP contribution is -2.29. The van der Waals surface area contributed by atoms with Gasteiger partial charge >= 0.3 is 0 Å². The number of aryl methyl sites for hydroxylation is 1. The minimum atomic E-state index is -0.180. The number of methoxy groups -OCH3 is 1. The Kier molecular flexibility index (Phi) is 5.23. The van der Waals surface area contributed by atoms with Crippen LogP contribution in [0.1, 0.15) is 31.0 Å². The summed E-state index contributed by atoms with van der Waals surface area (Å²) in [4.78, 5) is 0. The lowest BCUT2D eigenvalue weighted by molar-refractivity contribution is 0.189. The maximum absolute atomic E-state index is 6.30. The second kappa shape index (κ2) is 7.14. The minimum Gasteiger partial charge on any atom is -0.497 e. The third-order valence-corrected chi connectivity index (χ3v) is 3.67. The van der Waals surface area contributed by atoms with E-state index in [1.807, 2.05) is 49.4 Å². The van der Waals surface area contributed by atoms with Crippen molar-refractivity contribution in [3.8, 4) is 11.5 Å². The summed E-state index contributed by atoms with van der Waals surface area (Å²) in [6.45, 7) is 4.12. The van der Waals surface area contributed by atoms with Crippen LogP contribution in [0.2, 0.25) is 0 Å². The van der Waals surface area contributed by atoms with Crippen molar-refractivity contribution in [2.75, 3.05) is 7.11 Å². The largest absolute Gasteiger partial charge is 0.497 e. The van der Waals surface area contributed by atoms with Crippen molar-refractivity contribution in [3.05, 3.63) is 59.7 Å². The molecule has 112 valence electrons. The van der Waals surface area contributed by atoms with Crippen LogP contribution < -0.4 is 15.2 Å². The Hall–Kier alpha value is -2.00. The molecule has 3 nitrogen and oxygen atoms in total. The van der Waals surface area contributed by atoms with Crippen LogP contribution in [-0.4, -0.2) is 13.2 Å². The molecule has 2 atom stereocenters. The summed E-state index contributed by atoms with van der Waals surface area (Å²) in [5, 5.41) is 0. The van der Waals surface area contributed by atoms with Crippen LogP contribution in [0.3, 0.4) is 0 Å². The molecule has 3 heteroatoms. The van der Waals surface area contributed by atoms with E-state index in [-0.39, 0.29) is 12.1 Å². The molecule has 0 aliphatic heterocycles. The van der Waals surface area contributed by atoms with E-state index in [9.17, 15) is 0 Å². The zero-order valence-corrected chi connectivity index (χ0v) is 12.9. The van der Waals surface area contributed by atoms with Crippen molar-refractivity contribution < 1.29 is 9.47 Å². The van der Waals surface area contributed by atoms with Gasteiger partial charge in [-0.1, -0.05) is 37.3 Å². The van der Waals surface area contributed by atoms with E-state index >= 15 is 0 Å². The molecule has 0 amide bonds. The maximum Gasteiger partial charge on any atom is 0.122 e. The molecule has 0 saturated carbocycles. The summed E-state index contributed by atoms with van der Waals surface area (Å²) < 4.78 is 11.2. The average Bonchev–Trinajstić information content (AvgIpc) is 2.54. The third-order valence-electron chi connectivity index (χ3n) is 3.67. The first-order valence-corrected chi connectivity index (χ1v) is 7.29. The topological polar surface area (TPSA) is 44.5 Å². The molecule has 2 aromatic carbocycles. The molecule has 0 fully saturated rings. The van der Waals surface area contributed by atoms with Gasteiger partial charge in [0.25, 0.3) is 0 Å². The molecule has 2 aromatic rings. The van der Waals surface area contributed by atoms with Gasteiger partial charge in [0.2, 0.25) is 0 Å². The Labute approximate surface area is 126 Å². The molecule has 0 saturated heterocycles. The highest BCUT2D eigenvalue weighted by atomic mass is 16.5. The van der Waals surface area contributed by atoms with E-state index < -0.39 is 0 Å².